The number of benzene rings is 3. The molecular weight excluding hydrogens is 483 g/mol. The molecule has 1 N–H and O–H groups in total. The van der Waals surface area contributed by atoms with Crippen molar-refractivity contribution in [3.63, 3.8) is 0 Å². The summed E-state index contributed by atoms with van der Waals surface area (Å²) in [6.45, 7) is 5.77. The monoisotopic (exact) mass is 514 g/mol. The molecule has 0 aromatic heterocycles. The highest BCUT2D eigenvalue weighted by molar-refractivity contribution is 7.98. The molecule has 35 heavy (non-hydrogen) atoms. The summed E-state index contributed by atoms with van der Waals surface area (Å²) >= 11 is 1.59. The Morgan fingerprint density at radius 3 is 2.26 bits per heavy atom. The summed E-state index contributed by atoms with van der Waals surface area (Å²) in [5, 5.41) is 2.82. The van der Waals surface area contributed by atoms with Gasteiger partial charge in [-0.15, -0.1) is 0 Å². The number of nitrogens with zero attached hydrogens (tertiary/aromatic N) is 1. The second kappa shape index (κ2) is 12.2. The quantitative estimate of drug-likeness (QED) is 0.349. The van der Waals surface area contributed by atoms with Crippen LogP contribution in [0, 0.1) is 26.6 Å². The fraction of sp³-hybridized carbons (Fsp3) is 0.296. The van der Waals surface area contributed by atoms with E-state index in [1.54, 1.807) is 60.3 Å². The number of sulfonamides is 1. The Balaban J connectivity index is 1.63. The number of carbonyl (C=O) groups is 1. The molecule has 0 saturated carbocycles. The summed E-state index contributed by atoms with van der Waals surface area (Å²) < 4.78 is 41.8. The van der Waals surface area contributed by atoms with Crippen molar-refractivity contribution in [3.8, 4) is 0 Å². The molecule has 0 fully saturated rings. The van der Waals surface area contributed by atoms with Crippen LogP contribution in [0.2, 0.25) is 0 Å². The molecule has 0 bridgehead atoms. The molecule has 1 amide bonds. The Morgan fingerprint density at radius 1 is 0.943 bits per heavy atom. The van der Waals surface area contributed by atoms with Crippen molar-refractivity contribution in [1.82, 2.24) is 5.32 Å². The van der Waals surface area contributed by atoms with Gasteiger partial charge in [0, 0.05) is 12.3 Å². The molecule has 0 unspecified atom stereocenters. The molecule has 0 saturated heterocycles. The minimum absolute atomic E-state index is 0.139. The van der Waals surface area contributed by atoms with Crippen molar-refractivity contribution in [1.29, 1.82) is 0 Å². The number of aryl methyl sites for hydroxylation is 3. The zero-order valence-electron chi connectivity index (χ0n) is 20.3. The third-order valence-corrected chi connectivity index (χ3v) is 8.27. The lowest BCUT2D eigenvalue weighted by molar-refractivity contribution is -0.119. The van der Waals surface area contributed by atoms with E-state index >= 15 is 0 Å². The van der Waals surface area contributed by atoms with Gasteiger partial charge < -0.3 is 5.32 Å². The second-order valence-corrected chi connectivity index (χ2v) is 11.5. The zero-order valence-corrected chi connectivity index (χ0v) is 21.9. The van der Waals surface area contributed by atoms with Crippen LogP contribution in [0.1, 0.15) is 28.7 Å². The van der Waals surface area contributed by atoms with Crippen molar-refractivity contribution in [3.05, 3.63) is 94.8 Å². The average Bonchev–Trinajstić information content (AvgIpc) is 2.80. The number of rotatable bonds is 11. The van der Waals surface area contributed by atoms with Crippen LogP contribution in [-0.4, -0.2) is 33.2 Å². The van der Waals surface area contributed by atoms with Crippen molar-refractivity contribution in [2.24, 2.45) is 0 Å². The van der Waals surface area contributed by atoms with Crippen LogP contribution in [0.25, 0.3) is 0 Å². The Bertz CT molecular complexity index is 1240. The van der Waals surface area contributed by atoms with Crippen molar-refractivity contribution >= 4 is 33.4 Å². The summed E-state index contributed by atoms with van der Waals surface area (Å²) in [5.74, 6) is 0.723. The molecule has 0 heterocycles. The number of nitrogens with one attached hydrogen (secondary N) is 1. The standard InChI is InChI=1S/C27H31FN2O3S2/c1-20-9-11-25(12-10-20)35(32,33)30(24-16-21(2)15-22(3)17-24)18-27(31)29-13-6-14-34-19-23-7-4-5-8-26(23)28/h4-5,7-12,15-17H,6,13-14,18-19H2,1-3H3,(H,29,31). The molecule has 0 aliphatic carbocycles. The summed E-state index contributed by atoms with van der Waals surface area (Å²) in [4.78, 5) is 12.9. The van der Waals surface area contributed by atoms with Crippen molar-refractivity contribution in [2.45, 2.75) is 37.8 Å². The van der Waals surface area contributed by atoms with Crippen molar-refractivity contribution < 1.29 is 17.6 Å². The molecule has 0 aliphatic rings. The van der Waals surface area contributed by atoms with Crippen LogP contribution in [0.4, 0.5) is 10.1 Å². The molecule has 3 aromatic rings. The molecule has 3 aromatic carbocycles. The predicted molar refractivity (Wildman–Crippen MR) is 142 cm³/mol. The fourth-order valence-corrected chi connectivity index (χ4v) is 5.98. The second-order valence-electron chi connectivity index (χ2n) is 8.52. The molecule has 0 aliphatic heterocycles. The van der Waals surface area contributed by atoms with Gasteiger partial charge in [-0.1, -0.05) is 42.0 Å². The first-order valence-electron chi connectivity index (χ1n) is 11.4. The largest absolute Gasteiger partial charge is 0.354 e. The first-order valence-corrected chi connectivity index (χ1v) is 14.0. The molecule has 0 radical (unpaired) electrons. The Kier molecular flexibility index (Phi) is 9.34. The predicted octanol–water partition coefficient (Wildman–Crippen LogP) is 5.39. The van der Waals surface area contributed by atoms with Gasteiger partial charge in [0.05, 0.1) is 10.6 Å². The maximum absolute atomic E-state index is 13.7. The van der Waals surface area contributed by atoms with Crippen LogP contribution in [0.5, 0.6) is 0 Å². The SMILES string of the molecule is Cc1ccc(S(=O)(=O)N(CC(=O)NCCCSCc2ccccc2F)c2cc(C)cc(C)c2)cc1. The van der Waals surface area contributed by atoms with E-state index in [4.69, 9.17) is 0 Å². The number of halogens is 1. The molecular formula is C27H31FN2O3S2. The van der Waals surface area contributed by atoms with Crippen LogP contribution >= 0.6 is 11.8 Å². The summed E-state index contributed by atoms with van der Waals surface area (Å²) in [5.41, 5.74) is 3.89. The number of amides is 1. The van der Waals surface area contributed by atoms with Gasteiger partial charge in [-0.2, -0.15) is 11.8 Å². The molecule has 5 nitrogen and oxygen atoms in total. The first-order chi connectivity index (χ1) is 16.7. The number of hydrogen-bond acceptors (Lipinski definition) is 4. The summed E-state index contributed by atoms with van der Waals surface area (Å²) in [7, 11) is -3.94. The number of anilines is 1. The number of carbonyl (C=O) groups excluding carboxylic acids is 1. The van der Waals surface area contributed by atoms with Gasteiger partial charge in [0.1, 0.15) is 12.4 Å². The minimum atomic E-state index is -3.94. The summed E-state index contributed by atoms with van der Waals surface area (Å²) in [6.07, 6.45) is 0.694. The van der Waals surface area contributed by atoms with Crippen molar-refractivity contribution in [2.75, 3.05) is 23.1 Å². The highest BCUT2D eigenvalue weighted by atomic mass is 32.2. The van der Waals surface area contributed by atoms with Gasteiger partial charge in [-0.3, -0.25) is 9.10 Å². The van der Waals surface area contributed by atoms with Gasteiger partial charge in [-0.05, 0) is 80.0 Å². The summed E-state index contributed by atoms with van der Waals surface area (Å²) in [6, 6.07) is 18.8. The van der Waals surface area contributed by atoms with Crippen LogP contribution in [0.15, 0.2) is 71.6 Å². The fourth-order valence-electron chi connectivity index (χ4n) is 3.63. The van der Waals surface area contributed by atoms with E-state index in [0.29, 0.717) is 30.0 Å². The van der Waals surface area contributed by atoms with E-state index < -0.39 is 10.0 Å². The minimum Gasteiger partial charge on any atom is -0.354 e. The van der Waals surface area contributed by atoms with Gasteiger partial charge in [-0.25, -0.2) is 12.8 Å². The van der Waals surface area contributed by atoms with E-state index in [0.717, 1.165) is 22.4 Å². The van der Waals surface area contributed by atoms with E-state index in [9.17, 15) is 17.6 Å². The van der Waals surface area contributed by atoms with E-state index in [1.165, 1.54) is 10.4 Å². The maximum atomic E-state index is 13.7. The topological polar surface area (TPSA) is 66.5 Å². The first kappa shape index (κ1) is 26.8. The van der Waals surface area contributed by atoms with Gasteiger partial charge >= 0.3 is 0 Å². The number of hydrogen-bond donors (Lipinski definition) is 1. The average molecular weight is 515 g/mol. The highest BCUT2D eigenvalue weighted by Crippen LogP contribution is 2.26. The van der Waals surface area contributed by atoms with Gasteiger partial charge in [0.25, 0.3) is 10.0 Å². The molecule has 3 rings (SSSR count). The highest BCUT2D eigenvalue weighted by Gasteiger charge is 2.27. The smallest absolute Gasteiger partial charge is 0.264 e. The Hall–Kier alpha value is -2.84. The molecule has 186 valence electrons. The van der Waals surface area contributed by atoms with E-state index in [1.807, 2.05) is 32.9 Å². The maximum Gasteiger partial charge on any atom is 0.264 e. The third-order valence-electron chi connectivity index (χ3n) is 5.39. The molecule has 0 atom stereocenters. The lowest BCUT2D eigenvalue weighted by atomic mass is 10.1. The van der Waals surface area contributed by atoms with Crippen LogP contribution < -0.4 is 9.62 Å². The normalized spacial score (nSPS) is 11.3. The van der Waals surface area contributed by atoms with E-state index in [-0.39, 0.29) is 23.2 Å². The van der Waals surface area contributed by atoms with E-state index in [2.05, 4.69) is 5.32 Å². The van der Waals surface area contributed by atoms with Gasteiger partial charge in [0.15, 0.2) is 0 Å². The Labute approximate surface area is 211 Å². The molecule has 0 spiro atoms. The van der Waals surface area contributed by atoms with Crippen LogP contribution in [-0.2, 0) is 20.6 Å². The zero-order chi connectivity index (χ0) is 25.4. The molecule has 8 heteroatoms. The lowest BCUT2D eigenvalue weighted by Gasteiger charge is -2.25. The third kappa shape index (κ3) is 7.57. The number of thioether (sulfide) groups is 1. The van der Waals surface area contributed by atoms with Crippen LogP contribution in [0.3, 0.4) is 0 Å². The van der Waals surface area contributed by atoms with Gasteiger partial charge in [0.2, 0.25) is 5.91 Å². The Morgan fingerprint density at radius 2 is 1.60 bits per heavy atom. The lowest BCUT2D eigenvalue weighted by Crippen LogP contribution is -2.41.